The molecule has 0 saturated heterocycles. The third-order valence-corrected chi connectivity index (χ3v) is 12.1. The third kappa shape index (κ3) is 4.57. The van der Waals surface area contributed by atoms with Crippen LogP contribution in [0.1, 0.15) is 25.0 Å². The molecule has 0 saturated carbocycles. The molecule has 3 heterocycles. The Bertz CT molecular complexity index is 3100. The van der Waals surface area contributed by atoms with Crippen LogP contribution in [0.2, 0.25) is 0 Å². The van der Waals surface area contributed by atoms with Crippen molar-refractivity contribution in [2.45, 2.75) is 19.3 Å². The normalized spacial score (nSPS) is 13.2. The van der Waals surface area contributed by atoms with Gasteiger partial charge < -0.3 is 4.42 Å². The molecule has 0 fully saturated rings. The monoisotopic (exact) mass is 697 g/mol. The van der Waals surface area contributed by atoms with Gasteiger partial charge >= 0.3 is 0 Å². The molecule has 0 bridgehead atoms. The highest BCUT2D eigenvalue weighted by Crippen LogP contribution is 2.53. The van der Waals surface area contributed by atoms with Gasteiger partial charge in [-0.1, -0.05) is 129 Å². The second-order valence-corrected chi connectivity index (χ2v) is 15.4. The van der Waals surface area contributed by atoms with E-state index >= 15 is 0 Å². The third-order valence-electron chi connectivity index (χ3n) is 10.9. The van der Waals surface area contributed by atoms with E-state index in [2.05, 4.69) is 141 Å². The van der Waals surface area contributed by atoms with E-state index in [4.69, 9.17) is 19.4 Å². The van der Waals surface area contributed by atoms with Gasteiger partial charge in [-0.3, -0.25) is 0 Å². The maximum absolute atomic E-state index is 6.31. The lowest BCUT2D eigenvalue weighted by Crippen LogP contribution is -2.15. The van der Waals surface area contributed by atoms with Crippen LogP contribution in [0.5, 0.6) is 0 Å². The number of furan rings is 1. The van der Waals surface area contributed by atoms with Crippen LogP contribution < -0.4 is 0 Å². The van der Waals surface area contributed by atoms with Crippen molar-refractivity contribution in [1.82, 2.24) is 15.0 Å². The van der Waals surface area contributed by atoms with Crippen LogP contribution in [-0.2, 0) is 5.41 Å². The van der Waals surface area contributed by atoms with E-state index in [1.54, 1.807) is 11.3 Å². The average Bonchev–Trinajstić information content (AvgIpc) is 3.85. The molecule has 7 aromatic carbocycles. The standard InChI is InChI=1S/C48H31N3OS/c1-48(2)38-27-30(22-23-32(38)34-24-25-40-42(43(34)48)36-17-6-8-20-39(36)52-40)29-14-10-15-31(26-29)46-49-45(28-12-4-3-5-13-28)50-47(51-46)37-19-11-18-35-33-16-7-9-21-41(33)53-44(35)37/h3-27H,1-2H3. The minimum Gasteiger partial charge on any atom is -0.456 e. The first kappa shape index (κ1) is 30.2. The summed E-state index contributed by atoms with van der Waals surface area (Å²) in [6, 6.07) is 53.4. The lowest BCUT2D eigenvalue weighted by molar-refractivity contribution is 0.657. The summed E-state index contributed by atoms with van der Waals surface area (Å²) in [6.07, 6.45) is 0. The first-order chi connectivity index (χ1) is 26.0. The summed E-state index contributed by atoms with van der Waals surface area (Å²) >= 11 is 1.79. The topological polar surface area (TPSA) is 51.8 Å². The molecule has 4 nitrogen and oxygen atoms in total. The fourth-order valence-electron chi connectivity index (χ4n) is 8.40. The molecule has 10 aromatic rings. The molecule has 250 valence electrons. The zero-order valence-electron chi connectivity index (χ0n) is 29.1. The van der Waals surface area contributed by atoms with Gasteiger partial charge in [0.25, 0.3) is 0 Å². The van der Waals surface area contributed by atoms with Crippen LogP contribution in [-0.4, -0.2) is 15.0 Å². The molecule has 53 heavy (non-hydrogen) atoms. The zero-order valence-corrected chi connectivity index (χ0v) is 29.9. The van der Waals surface area contributed by atoms with Crippen LogP contribution in [0.15, 0.2) is 156 Å². The van der Waals surface area contributed by atoms with Crippen LogP contribution in [0, 0.1) is 0 Å². The van der Waals surface area contributed by atoms with Crippen molar-refractivity contribution >= 4 is 53.4 Å². The summed E-state index contributed by atoms with van der Waals surface area (Å²) in [5.74, 6) is 1.98. The summed E-state index contributed by atoms with van der Waals surface area (Å²) in [7, 11) is 0. The second-order valence-electron chi connectivity index (χ2n) is 14.4. The largest absolute Gasteiger partial charge is 0.456 e. The minimum atomic E-state index is -0.217. The van der Waals surface area contributed by atoms with Crippen molar-refractivity contribution in [2.24, 2.45) is 0 Å². The molecule has 0 aliphatic heterocycles. The smallest absolute Gasteiger partial charge is 0.165 e. The van der Waals surface area contributed by atoms with Crippen LogP contribution in [0.4, 0.5) is 0 Å². The molecule has 3 aromatic heterocycles. The van der Waals surface area contributed by atoms with E-state index in [1.165, 1.54) is 53.2 Å². The van der Waals surface area contributed by atoms with Crippen LogP contribution >= 0.6 is 11.3 Å². The molecule has 0 amide bonds. The summed E-state index contributed by atoms with van der Waals surface area (Å²) in [6.45, 7) is 4.68. The number of nitrogens with zero attached hydrogens (tertiary/aromatic N) is 3. The van der Waals surface area contributed by atoms with Gasteiger partial charge in [-0.15, -0.1) is 11.3 Å². The summed E-state index contributed by atoms with van der Waals surface area (Å²) < 4.78 is 8.75. The summed E-state index contributed by atoms with van der Waals surface area (Å²) in [5, 5.41) is 4.86. The number of thiophene rings is 1. The van der Waals surface area contributed by atoms with Gasteiger partial charge in [0, 0.05) is 53.1 Å². The molecule has 1 aliphatic rings. The number of hydrogen-bond donors (Lipinski definition) is 0. The number of hydrogen-bond acceptors (Lipinski definition) is 5. The number of para-hydroxylation sites is 1. The first-order valence-corrected chi connectivity index (χ1v) is 18.8. The molecule has 11 rings (SSSR count). The highest BCUT2D eigenvalue weighted by molar-refractivity contribution is 7.26. The van der Waals surface area contributed by atoms with Crippen molar-refractivity contribution in [1.29, 1.82) is 0 Å². The van der Waals surface area contributed by atoms with E-state index in [0.717, 1.165) is 39.0 Å². The Balaban J connectivity index is 1.05. The Morgan fingerprint density at radius 3 is 2.02 bits per heavy atom. The molecule has 5 heteroatoms. The van der Waals surface area contributed by atoms with Crippen molar-refractivity contribution < 1.29 is 4.42 Å². The fourth-order valence-corrected chi connectivity index (χ4v) is 9.62. The molecular weight excluding hydrogens is 667 g/mol. The lowest BCUT2D eigenvalue weighted by Gasteiger charge is -2.23. The molecular formula is C48H31N3OS. The van der Waals surface area contributed by atoms with Gasteiger partial charge in [-0.05, 0) is 69.8 Å². The Labute approximate surface area is 310 Å². The minimum absolute atomic E-state index is 0.217. The van der Waals surface area contributed by atoms with Crippen LogP contribution in [0.25, 0.3) is 98.5 Å². The Kier molecular flexibility index (Phi) is 6.43. The molecule has 0 unspecified atom stereocenters. The Morgan fingerprint density at radius 2 is 1.13 bits per heavy atom. The average molecular weight is 698 g/mol. The predicted molar refractivity (Wildman–Crippen MR) is 219 cm³/mol. The van der Waals surface area contributed by atoms with Gasteiger partial charge in [0.1, 0.15) is 11.2 Å². The maximum atomic E-state index is 6.31. The van der Waals surface area contributed by atoms with Crippen molar-refractivity contribution in [3.8, 4) is 56.4 Å². The van der Waals surface area contributed by atoms with Gasteiger partial charge in [0.2, 0.25) is 0 Å². The molecule has 0 spiro atoms. The van der Waals surface area contributed by atoms with E-state index in [1.807, 2.05) is 24.3 Å². The highest BCUT2D eigenvalue weighted by Gasteiger charge is 2.38. The Morgan fingerprint density at radius 1 is 0.472 bits per heavy atom. The van der Waals surface area contributed by atoms with E-state index in [9.17, 15) is 0 Å². The van der Waals surface area contributed by atoms with Gasteiger partial charge in [-0.2, -0.15) is 0 Å². The molecule has 0 radical (unpaired) electrons. The fraction of sp³-hybridized carbons (Fsp3) is 0.0625. The Hall–Kier alpha value is -6.43. The van der Waals surface area contributed by atoms with Crippen LogP contribution in [0.3, 0.4) is 0 Å². The molecule has 0 atom stereocenters. The SMILES string of the molecule is CC1(C)c2cc(-c3cccc(-c4nc(-c5ccccc5)nc(-c5cccc6c5sc5ccccc56)n4)c3)ccc2-c2ccc3oc4ccccc4c3c21. The maximum Gasteiger partial charge on any atom is 0.165 e. The predicted octanol–water partition coefficient (Wildman–Crippen LogP) is 13.1. The first-order valence-electron chi connectivity index (χ1n) is 17.9. The van der Waals surface area contributed by atoms with Crippen molar-refractivity contribution in [2.75, 3.05) is 0 Å². The molecule has 1 aliphatic carbocycles. The lowest BCUT2D eigenvalue weighted by atomic mass is 9.80. The van der Waals surface area contributed by atoms with E-state index < -0.39 is 0 Å². The van der Waals surface area contributed by atoms with Gasteiger partial charge in [0.15, 0.2) is 17.5 Å². The van der Waals surface area contributed by atoms with Gasteiger partial charge in [-0.25, -0.2) is 15.0 Å². The van der Waals surface area contributed by atoms with Crippen molar-refractivity contribution in [3.05, 3.63) is 163 Å². The quantitative estimate of drug-likeness (QED) is 0.184. The highest BCUT2D eigenvalue weighted by atomic mass is 32.1. The van der Waals surface area contributed by atoms with Gasteiger partial charge in [0.05, 0.1) is 0 Å². The molecule has 0 N–H and O–H groups in total. The number of benzene rings is 7. The zero-order chi connectivity index (χ0) is 35.3. The van der Waals surface area contributed by atoms with Crippen molar-refractivity contribution in [3.63, 3.8) is 0 Å². The van der Waals surface area contributed by atoms with E-state index in [-0.39, 0.29) is 5.41 Å². The number of aromatic nitrogens is 3. The van der Waals surface area contributed by atoms with E-state index in [0.29, 0.717) is 17.5 Å². The number of rotatable bonds is 4. The second kappa shape index (κ2) is 11.3. The summed E-state index contributed by atoms with van der Waals surface area (Å²) in [5.41, 5.74) is 12.1. The number of fused-ring (bicyclic) bond motifs is 10. The summed E-state index contributed by atoms with van der Waals surface area (Å²) in [4.78, 5) is 15.4.